The Morgan fingerprint density at radius 3 is 2.86 bits per heavy atom. The summed E-state index contributed by atoms with van der Waals surface area (Å²) in [5.41, 5.74) is -0.694. The van der Waals surface area contributed by atoms with Crippen molar-refractivity contribution in [1.82, 2.24) is 9.80 Å². The second-order valence-corrected chi connectivity index (χ2v) is 6.38. The van der Waals surface area contributed by atoms with Crippen LogP contribution in [0.4, 0.5) is 0 Å². The number of hydrogen-bond donors (Lipinski definition) is 1. The molecule has 1 spiro atoms. The zero-order chi connectivity index (χ0) is 15.9. The minimum atomic E-state index is -0.931. The van der Waals surface area contributed by atoms with Gasteiger partial charge in [0.05, 0.1) is 18.6 Å². The molecular weight excluding hydrogens is 284 g/mol. The molecule has 6 heteroatoms. The summed E-state index contributed by atoms with van der Waals surface area (Å²) in [7, 11) is 0. The molecule has 0 aromatic rings. The fraction of sp³-hybridized carbons (Fsp3) is 0.750. The highest BCUT2D eigenvalue weighted by atomic mass is 16.5. The van der Waals surface area contributed by atoms with Crippen molar-refractivity contribution in [1.29, 1.82) is 0 Å². The second kappa shape index (κ2) is 5.66. The van der Waals surface area contributed by atoms with Gasteiger partial charge in [0.2, 0.25) is 5.91 Å². The minimum Gasteiger partial charge on any atom is -0.481 e. The van der Waals surface area contributed by atoms with E-state index in [4.69, 9.17) is 4.74 Å². The second-order valence-electron chi connectivity index (χ2n) is 6.38. The quantitative estimate of drug-likeness (QED) is 0.697. The zero-order valence-corrected chi connectivity index (χ0v) is 13.2. The van der Waals surface area contributed by atoms with Crippen LogP contribution >= 0.6 is 0 Å². The summed E-state index contributed by atoms with van der Waals surface area (Å²) in [6.07, 6.45) is 4.18. The van der Waals surface area contributed by atoms with E-state index in [-0.39, 0.29) is 5.91 Å². The van der Waals surface area contributed by atoms with Gasteiger partial charge in [-0.2, -0.15) is 0 Å². The van der Waals surface area contributed by atoms with Gasteiger partial charge >= 0.3 is 5.97 Å². The van der Waals surface area contributed by atoms with E-state index in [1.165, 1.54) is 0 Å². The average Bonchev–Trinajstić information content (AvgIpc) is 3.12. The van der Waals surface area contributed by atoms with Crippen LogP contribution in [-0.4, -0.2) is 71.2 Å². The minimum absolute atomic E-state index is 0.0567. The van der Waals surface area contributed by atoms with Crippen LogP contribution in [0.3, 0.4) is 0 Å². The highest BCUT2D eigenvalue weighted by molar-refractivity contribution is 5.90. The molecule has 3 rings (SSSR count). The summed E-state index contributed by atoms with van der Waals surface area (Å²) >= 11 is 0. The molecule has 4 atom stereocenters. The third-order valence-corrected chi connectivity index (χ3v) is 5.26. The van der Waals surface area contributed by atoms with E-state index in [0.717, 1.165) is 26.1 Å². The molecule has 2 bridgehead atoms. The number of ether oxygens (including phenoxy) is 1. The van der Waals surface area contributed by atoms with Crippen LogP contribution in [0.15, 0.2) is 12.2 Å². The number of nitrogens with zero attached hydrogens (tertiary/aromatic N) is 2. The molecular formula is C16H24N2O4. The Hall–Kier alpha value is -1.40. The maximum atomic E-state index is 12.6. The molecule has 0 aromatic heterocycles. The SMILES string of the molecule is CCN(CC)CCCN1CC23C=CC(O2)C(C(=O)O)C3C1=O. The lowest BCUT2D eigenvalue weighted by Crippen LogP contribution is -2.39. The molecule has 1 N–H and O–H groups in total. The van der Waals surface area contributed by atoms with Crippen molar-refractivity contribution >= 4 is 11.9 Å². The molecule has 3 aliphatic rings. The van der Waals surface area contributed by atoms with Crippen molar-refractivity contribution in [3.63, 3.8) is 0 Å². The van der Waals surface area contributed by atoms with Gasteiger partial charge in [-0.05, 0) is 26.1 Å². The highest BCUT2D eigenvalue weighted by Crippen LogP contribution is 2.51. The number of likely N-dealkylation sites (tertiary alicyclic amines) is 1. The first-order valence-electron chi connectivity index (χ1n) is 8.13. The monoisotopic (exact) mass is 308 g/mol. The lowest BCUT2D eigenvalue weighted by Gasteiger charge is -2.23. The van der Waals surface area contributed by atoms with E-state index in [0.29, 0.717) is 13.1 Å². The van der Waals surface area contributed by atoms with Gasteiger partial charge in [0.15, 0.2) is 0 Å². The van der Waals surface area contributed by atoms with Crippen molar-refractivity contribution in [3.05, 3.63) is 12.2 Å². The number of rotatable bonds is 7. The van der Waals surface area contributed by atoms with Gasteiger partial charge in [0.25, 0.3) is 0 Å². The van der Waals surface area contributed by atoms with Gasteiger partial charge in [-0.1, -0.05) is 26.0 Å². The van der Waals surface area contributed by atoms with Crippen LogP contribution in [0.2, 0.25) is 0 Å². The lowest BCUT2D eigenvalue weighted by atomic mass is 9.77. The smallest absolute Gasteiger partial charge is 0.310 e. The van der Waals surface area contributed by atoms with Gasteiger partial charge in [0.1, 0.15) is 11.5 Å². The van der Waals surface area contributed by atoms with E-state index < -0.39 is 29.5 Å². The Kier molecular flexibility index (Phi) is 3.99. The molecule has 4 unspecified atom stereocenters. The molecule has 3 heterocycles. The summed E-state index contributed by atoms with van der Waals surface area (Å²) in [5, 5.41) is 9.40. The maximum Gasteiger partial charge on any atom is 0.310 e. The molecule has 122 valence electrons. The van der Waals surface area contributed by atoms with E-state index in [9.17, 15) is 14.7 Å². The van der Waals surface area contributed by atoms with Gasteiger partial charge in [-0.15, -0.1) is 0 Å². The summed E-state index contributed by atoms with van der Waals surface area (Å²) in [5.74, 6) is -2.27. The molecule has 2 saturated heterocycles. The van der Waals surface area contributed by atoms with Crippen LogP contribution in [-0.2, 0) is 14.3 Å². The fourth-order valence-corrected chi connectivity index (χ4v) is 4.07. The van der Waals surface area contributed by atoms with Crippen LogP contribution in [0, 0.1) is 11.8 Å². The number of amides is 1. The van der Waals surface area contributed by atoms with E-state index in [1.54, 1.807) is 4.90 Å². The number of carboxylic acids is 1. The first kappa shape index (κ1) is 15.5. The lowest BCUT2D eigenvalue weighted by molar-refractivity contribution is -0.148. The molecule has 22 heavy (non-hydrogen) atoms. The number of aliphatic carboxylic acids is 1. The topological polar surface area (TPSA) is 70.1 Å². The highest BCUT2D eigenvalue weighted by Gasteiger charge is 2.66. The van der Waals surface area contributed by atoms with Crippen molar-refractivity contribution in [2.24, 2.45) is 11.8 Å². The fourth-order valence-electron chi connectivity index (χ4n) is 4.07. The summed E-state index contributed by atoms with van der Waals surface area (Å²) < 4.78 is 5.86. The molecule has 3 aliphatic heterocycles. The predicted molar refractivity (Wildman–Crippen MR) is 80.3 cm³/mol. The number of carboxylic acid groups (broad SMARTS) is 1. The van der Waals surface area contributed by atoms with Gasteiger partial charge in [-0.25, -0.2) is 0 Å². The molecule has 0 saturated carbocycles. The van der Waals surface area contributed by atoms with Gasteiger partial charge in [0, 0.05) is 6.54 Å². The summed E-state index contributed by atoms with van der Waals surface area (Å²) in [4.78, 5) is 28.2. The predicted octanol–water partition coefficient (Wildman–Crippen LogP) is 0.585. The molecule has 0 radical (unpaired) electrons. The van der Waals surface area contributed by atoms with Crippen molar-refractivity contribution in [2.75, 3.05) is 32.7 Å². The van der Waals surface area contributed by atoms with Crippen molar-refractivity contribution in [3.8, 4) is 0 Å². The normalized spacial score (nSPS) is 35.7. The molecule has 0 aliphatic carbocycles. The first-order valence-corrected chi connectivity index (χ1v) is 8.13. The van der Waals surface area contributed by atoms with Gasteiger partial charge < -0.3 is 19.6 Å². The summed E-state index contributed by atoms with van der Waals surface area (Å²) in [6, 6.07) is 0. The summed E-state index contributed by atoms with van der Waals surface area (Å²) in [6.45, 7) is 8.38. The third kappa shape index (κ3) is 2.25. The molecule has 2 fully saturated rings. The Morgan fingerprint density at radius 1 is 1.50 bits per heavy atom. The van der Waals surface area contributed by atoms with Crippen molar-refractivity contribution in [2.45, 2.75) is 32.0 Å². The third-order valence-electron chi connectivity index (χ3n) is 5.26. The largest absolute Gasteiger partial charge is 0.481 e. The Labute approximate surface area is 130 Å². The Bertz CT molecular complexity index is 502. The molecule has 1 amide bonds. The maximum absolute atomic E-state index is 12.6. The van der Waals surface area contributed by atoms with E-state index >= 15 is 0 Å². The first-order chi connectivity index (χ1) is 10.5. The van der Waals surface area contributed by atoms with Gasteiger partial charge in [-0.3, -0.25) is 9.59 Å². The van der Waals surface area contributed by atoms with Crippen molar-refractivity contribution < 1.29 is 19.4 Å². The number of carbonyl (C=O) groups is 2. The van der Waals surface area contributed by atoms with Crippen LogP contribution in [0.1, 0.15) is 20.3 Å². The van der Waals surface area contributed by atoms with Crippen LogP contribution < -0.4 is 0 Å². The average molecular weight is 308 g/mol. The number of hydrogen-bond acceptors (Lipinski definition) is 4. The molecule has 0 aromatic carbocycles. The van der Waals surface area contributed by atoms with E-state index in [2.05, 4.69) is 18.7 Å². The standard InChI is InChI=1S/C16H24N2O4/c1-3-17(4-2)8-5-9-18-10-16-7-6-11(22-16)12(15(20)21)13(16)14(18)19/h6-7,11-13H,3-5,8-10H2,1-2H3,(H,20,21). The zero-order valence-electron chi connectivity index (χ0n) is 13.2. The Morgan fingerprint density at radius 2 is 2.23 bits per heavy atom. The molecule has 6 nitrogen and oxygen atoms in total. The number of fused-ring (bicyclic) bond motifs is 1. The van der Waals surface area contributed by atoms with E-state index in [1.807, 2.05) is 12.2 Å². The number of carbonyl (C=O) groups excluding carboxylic acids is 1. The Balaban J connectivity index is 1.65. The van der Waals surface area contributed by atoms with Crippen LogP contribution in [0.5, 0.6) is 0 Å². The van der Waals surface area contributed by atoms with Crippen LogP contribution in [0.25, 0.3) is 0 Å².